The zero-order chi connectivity index (χ0) is 22.5. The van der Waals surface area contributed by atoms with Gasteiger partial charge in [-0.2, -0.15) is 0 Å². The summed E-state index contributed by atoms with van der Waals surface area (Å²) in [5, 5.41) is 0. The van der Waals surface area contributed by atoms with Gasteiger partial charge in [-0.15, -0.1) is 0 Å². The molecule has 2 saturated heterocycles. The Morgan fingerprint density at radius 1 is 1.03 bits per heavy atom. The molecule has 0 bridgehead atoms. The third-order valence-corrected chi connectivity index (χ3v) is 6.82. The van der Waals surface area contributed by atoms with Crippen LogP contribution >= 0.6 is 0 Å². The van der Waals surface area contributed by atoms with E-state index in [1.165, 1.54) is 11.1 Å². The number of nitrogens with two attached hydrogens (primary N) is 1. The van der Waals surface area contributed by atoms with Crippen molar-refractivity contribution >= 4 is 11.8 Å². The normalized spacial score (nSPS) is 20.3. The molecule has 2 amide bonds. The van der Waals surface area contributed by atoms with Crippen LogP contribution in [-0.4, -0.2) is 59.3 Å². The van der Waals surface area contributed by atoms with Gasteiger partial charge in [0.05, 0.1) is 6.54 Å². The fraction of sp³-hybridized carbons (Fsp3) is 0.500. The highest BCUT2D eigenvalue weighted by Crippen LogP contribution is 2.27. The van der Waals surface area contributed by atoms with Crippen molar-refractivity contribution < 1.29 is 9.59 Å². The third-order valence-electron chi connectivity index (χ3n) is 6.82. The van der Waals surface area contributed by atoms with Crippen molar-refractivity contribution in [1.82, 2.24) is 14.8 Å². The van der Waals surface area contributed by atoms with Gasteiger partial charge in [0.25, 0.3) is 0 Å². The first-order valence-corrected chi connectivity index (χ1v) is 11.8. The largest absolute Gasteiger partial charge is 0.369 e. The number of primary amides is 1. The number of hydrogen-bond acceptors (Lipinski definition) is 4. The van der Waals surface area contributed by atoms with Crippen molar-refractivity contribution in [2.75, 3.05) is 32.7 Å². The minimum atomic E-state index is -0.242. The summed E-state index contributed by atoms with van der Waals surface area (Å²) in [6.07, 6.45) is 4.46. The maximum absolute atomic E-state index is 12.8. The van der Waals surface area contributed by atoms with Crippen LogP contribution in [-0.2, 0) is 16.0 Å². The first kappa shape index (κ1) is 22.5. The predicted molar refractivity (Wildman–Crippen MR) is 125 cm³/mol. The molecular weight excluding hydrogens is 400 g/mol. The van der Waals surface area contributed by atoms with Gasteiger partial charge in [-0.05, 0) is 68.8 Å². The molecule has 0 saturated carbocycles. The van der Waals surface area contributed by atoms with Gasteiger partial charge in [0, 0.05) is 42.9 Å². The maximum Gasteiger partial charge on any atom is 0.236 e. The SMILES string of the molecule is Cc1cc(Cc2ccccc2)cc([C@@H]2CCCN(CC(=O)N3CCC(C(N)=O)CC3)C2)n1. The highest BCUT2D eigenvalue weighted by molar-refractivity contribution is 5.80. The van der Waals surface area contributed by atoms with Crippen molar-refractivity contribution in [2.45, 2.75) is 44.9 Å². The van der Waals surface area contributed by atoms with E-state index in [1.807, 2.05) is 11.0 Å². The molecule has 0 aliphatic carbocycles. The van der Waals surface area contributed by atoms with Gasteiger partial charge in [-0.25, -0.2) is 0 Å². The number of benzene rings is 1. The Kier molecular flexibility index (Phi) is 7.20. The number of amides is 2. The summed E-state index contributed by atoms with van der Waals surface area (Å²) >= 11 is 0. The molecule has 2 aromatic rings. The number of aryl methyl sites for hydroxylation is 1. The third kappa shape index (κ3) is 5.74. The van der Waals surface area contributed by atoms with E-state index in [0.29, 0.717) is 38.4 Å². The summed E-state index contributed by atoms with van der Waals surface area (Å²) in [7, 11) is 0. The second-order valence-corrected chi connectivity index (χ2v) is 9.34. The average molecular weight is 435 g/mol. The molecule has 1 aromatic carbocycles. The first-order valence-electron chi connectivity index (χ1n) is 11.8. The summed E-state index contributed by atoms with van der Waals surface area (Å²) < 4.78 is 0. The second kappa shape index (κ2) is 10.3. The standard InChI is InChI=1S/C26H34N4O2/c1-19-14-21(15-20-6-3-2-4-7-20)16-24(28-19)23-8-5-11-29(17-23)18-25(31)30-12-9-22(10-13-30)26(27)32/h2-4,6-7,14,16,22-23H,5,8-13,15,17-18H2,1H3,(H2,27,32)/t23-/m1/s1. The number of pyridine rings is 1. The fourth-order valence-corrected chi connectivity index (χ4v) is 5.06. The molecule has 4 rings (SSSR count). The first-order chi connectivity index (χ1) is 15.5. The van der Waals surface area contributed by atoms with Crippen LogP contribution in [0, 0.1) is 12.8 Å². The van der Waals surface area contributed by atoms with Crippen LogP contribution in [0.3, 0.4) is 0 Å². The Hall–Kier alpha value is -2.73. The number of likely N-dealkylation sites (tertiary alicyclic amines) is 2. The van der Waals surface area contributed by atoms with Crippen LogP contribution < -0.4 is 5.73 Å². The van der Waals surface area contributed by atoms with Crippen molar-refractivity contribution in [3.8, 4) is 0 Å². The minimum Gasteiger partial charge on any atom is -0.369 e. The molecule has 0 radical (unpaired) electrons. The number of piperidine rings is 2. The quantitative estimate of drug-likeness (QED) is 0.758. The number of carbonyl (C=O) groups is 2. The van der Waals surface area contributed by atoms with Crippen molar-refractivity contribution in [1.29, 1.82) is 0 Å². The summed E-state index contributed by atoms with van der Waals surface area (Å²) in [6.45, 7) is 5.59. The molecule has 1 aromatic heterocycles. The average Bonchev–Trinajstić information content (AvgIpc) is 2.79. The van der Waals surface area contributed by atoms with Crippen LogP contribution in [0.2, 0.25) is 0 Å². The summed E-state index contributed by atoms with van der Waals surface area (Å²) in [6, 6.07) is 15.0. The van der Waals surface area contributed by atoms with E-state index < -0.39 is 0 Å². The van der Waals surface area contributed by atoms with Gasteiger partial charge >= 0.3 is 0 Å². The molecule has 2 aliphatic heterocycles. The Morgan fingerprint density at radius 2 is 1.78 bits per heavy atom. The van der Waals surface area contributed by atoms with E-state index in [0.717, 1.165) is 43.7 Å². The van der Waals surface area contributed by atoms with Crippen molar-refractivity contribution in [2.24, 2.45) is 11.7 Å². The molecule has 6 nitrogen and oxygen atoms in total. The number of hydrogen-bond donors (Lipinski definition) is 1. The lowest BCUT2D eigenvalue weighted by Crippen LogP contribution is -2.47. The summed E-state index contributed by atoms with van der Waals surface area (Å²) in [5.41, 5.74) is 10.2. The molecule has 2 aliphatic rings. The predicted octanol–water partition coefficient (Wildman–Crippen LogP) is 2.88. The Balaban J connectivity index is 1.36. The van der Waals surface area contributed by atoms with Crippen LogP contribution in [0.4, 0.5) is 0 Å². The second-order valence-electron chi connectivity index (χ2n) is 9.34. The van der Waals surface area contributed by atoms with Crippen LogP contribution in [0.1, 0.15) is 54.1 Å². The molecular formula is C26H34N4O2. The van der Waals surface area contributed by atoms with E-state index in [-0.39, 0.29) is 17.7 Å². The maximum atomic E-state index is 12.8. The van der Waals surface area contributed by atoms with E-state index in [4.69, 9.17) is 10.7 Å². The molecule has 0 spiro atoms. The van der Waals surface area contributed by atoms with Crippen molar-refractivity contribution in [3.63, 3.8) is 0 Å². The molecule has 6 heteroatoms. The topological polar surface area (TPSA) is 79.5 Å². The van der Waals surface area contributed by atoms with Gasteiger partial charge in [-0.1, -0.05) is 30.3 Å². The number of rotatable bonds is 6. The Bertz CT molecular complexity index is 938. The van der Waals surface area contributed by atoms with Gasteiger partial charge in [0.1, 0.15) is 0 Å². The van der Waals surface area contributed by atoms with Gasteiger partial charge in [0.15, 0.2) is 0 Å². The van der Waals surface area contributed by atoms with E-state index in [9.17, 15) is 9.59 Å². The Labute approximate surface area is 190 Å². The van der Waals surface area contributed by atoms with Gasteiger partial charge in [-0.3, -0.25) is 19.5 Å². The zero-order valence-electron chi connectivity index (χ0n) is 19.0. The van der Waals surface area contributed by atoms with E-state index in [2.05, 4.69) is 48.2 Å². The summed E-state index contributed by atoms with van der Waals surface area (Å²) in [5.74, 6) is 0.186. The fourth-order valence-electron chi connectivity index (χ4n) is 5.06. The molecule has 3 heterocycles. The lowest BCUT2D eigenvalue weighted by atomic mass is 9.92. The monoisotopic (exact) mass is 434 g/mol. The molecule has 1 atom stereocenters. The summed E-state index contributed by atoms with van der Waals surface area (Å²) in [4.78, 5) is 33.3. The number of carbonyl (C=O) groups excluding carboxylic acids is 2. The molecule has 0 unspecified atom stereocenters. The molecule has 2 N–H and O–H groups in total. The van der Waals surface area contributed by atoms with E-state index >= 15 is 0 Å². The van der Waals surface area contributed by atoms with Crippen LogP contribution in [0.15, 0.2) is 42.5 Å². The molecule has 170 valence electrons. The van der Waals surface area contributed by atoms with Gasteiger partial charge in [0.2, 0.25) is 11.8 Å². The smallest absolute Gasteiger partial charge is 0.236 e. The zero-order valence-corrected chi connectivity index (χ0v) is 19.0. The highest BCUT2D eigenvalue weighted by atomic mass is 16.2. The lowest BCUT2D eigenvalue weighted by molar-refractivity contribution is -0.136. The van der Waals surface area contributed by atoms with Crippen LogP contribution in [0.5, 0.6) is 0 Å². The molecule has 2 fully saturated rings. The minimum absolute atomic E-state index is 0.0871. The van der Waals surface area contributed by atoms with E-state index in [1.54, 1.807) is 0 Å². The molecule has 32 heavy (non-hydrogen) atoms. The lowest BCUT2D eigenvalue weighted by Gasteiger charge is -2.35. The van der Waals surface area contributed by atoms with Crippen LogP contribution in [0.25, 0.3) is 0 Å². The number of aromatic nitrogens is 1. The Morgan fingerprint density at radius 3 is 2.50 bits per heavy atom. The highest BCUT2D eigenvalue weighted by Gasteiger charge is 2.29. The number of nitrogens with zero attached hydrogens (tertiary/aromatic N) is 3. The van der Waals surface area contributed by atoms with Crippen molar-refractivity contribution in [3.05, 3.63) is 65.0 Å². The van der Waals surface area contributed by atoms with Gasteiger partial charge < -0.3 is 10.6 Å².